The molecule has 0 unspecified atom stereocenters. The Balaban J connectivity index is 2.28. The molecule has 0 aliphatic heterocycles. The average Bonchev–Trinajstić information content (AvgIpc) is 2.49. The van der Waals surface area contributed by atoms with Crippen molar-refractivity contribution in [2.75, 3.05) is 18.1 Å². The highest BCUT2D eigenvalue weighted by Gasteiger charge is 2.11. The van der Waals surface area contributed by atoms with Gasteiger partial charge in [0.1, 0.15) is 0 Å². The second-order valence-corrected chi connectivity index (χ2v) is 4.34. The molecule has 0 aliphatic carbocycles. The number of non-ortho nitro benzene ring substituents is 1. The molecule has 0 fully saturated rings. The minimum atomic E-state index is -0.412. The normalized spacial score (nSPS) is 10.2. The van der Waals surface area contributed by atoms with E-state index in [2.05, 4.69) is 0 Å². The molecule has 2 aromatic carbocycles. The summed E-state index contributed by atoms with van der Waals surface area (Å²) < 4.78 is 0. The summed E-state index contributed by atoms with van der Waals surface area (Å²) in [5.74, 6) is 0. The van der Waals surface area contributed by atoms with Gasteiger partial charge in [0.05, 0.1) is 4.92 Å². The maximum atomic E-state index is 10.7. The third-order valence-corrected chi connectivity index (χ3v) is 2.98. The molecule has 0 atom stereocenters. The summed E-state index contributed by atoms with van der Waals surface area (Å²) in [5.41, 5.74) is 1.94. The van der Waals surface area contributed by atoms with Gasteiger partial charge in [0.15, 0.2) is 0 Å². The number of benzene rings is 2. The first-order valence-corrected chi connectivity index (χ1v) is 6.40. The Bertz CT molecular complexity index is 555. The van der Waals surface area contributed by atoms with Crippen LogP contribution in [-0.4, -0.2) is 23.2 Å². The monoisotopic (exact) mass is 272 g/mol. The number of aliphatic hydroxyl groups is 1. The molecule has 2 rings (SSSR count). The van der Waals surface area contributed by atoms with E-state index < -0.39 is 4.92 Å². The van der Waals surface area contributed by atoms with Crippen molar-refractivity contribution in [3.63, 3.8) is 0 Å². The fourth-order valence-electron chi connectivity index (χ4n) is 2.00. The molecule has 1 N–H and O–H groups in total. The summed E-state index contributed by atoms with van der Waals surface area (Å²) in [6, 6.07) is 16.2. The molecule has 0 saturated heterocycles. The molecule has 2 aromatic rings. The Morgan fingerprint density at radius 1 is 1.00 bits per heavy atom. The Morgan fingerprint density at radius 2 is 1.60 bits per heavy atom. The summed E-state index contributed by atoms with van der Waals surface area (Å²) in [5, 5.41) is 19.7. The topological polar surface area (TPSA) is 66.6 Å². The van der Waals surface area contributed by atoms with Gasteiger partial charge in [-0.1, -0.05) is 18.2 Å². The number of aliphatic hydroxyl groups excluding tert-OH is 1. The minimum Gasteiger partial charge on any atom is -0.396 e. The summed E-state index contributed by atoms with van der Waals surface area (Å²) >= 11 is 0. The first-order valence-electron chi connectivity index (χ1n) is 6.40. The molecular formula is C15H16N2O3. The van der Waals surface area contributed by atoms with E-state index >= 15 is 0 Å². The Labute approximate surface area is 117 Å². The van der Waals surface area contributed by atoms with Crippen molar-refractivity contribution in [3.05, 3.63) is 64.7 Å². The van der Waals surface area contributed by atoms with Crippen molar-refractivity contribution in [3.8, 4) is 0 Å². The average molecular weight is 272 g/mol. The highest BCUT2D eigenvalue weighted by molar-refractivity contribution is 5.64. The van der Waals surface area contributed by atoms with Gasteiger partial charge >= 0.3 is 0 Å². The number of anilines is 2. The number of nitro groups is 1. The van der Waals surface area contributed by atoms with E-state index in [-0.39, 0.29) is 12.3 Å². The maximum Gasteiger partial charge on any atom is 0.269 e. The number of para-hydroxylation sites is 1. The lowest BCUT2D eigenvalue weighted by atomic mass is 10.2. The van der Waals surface area contributed by atoms with Crippen molar-refractivity contribution in [1.82, 2.24) is 0 Å². The van der Waals surface area contributed by atoms with E-state index in [4.69, 9.17) is 5.11 Å². The van der Waals surface area contributed by atoms with Gasteiger partial charge in [0.25, 0.3) is 5.69 Å². The lowest BCUT2D eigenvalue weighted by molar-refractivity contribution is -0.384. The zero-order valence-corrected chi connectivity index (χ0v) is 11.0. The third-order valence-electron chi connectivity index (χ3n) is 2.98. The largest absolute Gasteiger partial charge is 0.396 e. The highest BCUT2D eigenvalue weighted by Crippen LogP contribution is 2.27. The first kappa shape index (κ1) is 14.0. The first-order chi connectivity index (χ1) is 9.72. The number of nitrogens with zero attached hydrogens (tertiary/aromatic N) is 2. The number of hydrogen-bond donors (Lipinski definition) is 1. The van der Waals surface area contributed by atoms with E-state index in [1.165, 1.54) is 12.1 Å². The second kappa shape index (κ2) is 6.68. The maximum absolute atomic E-state index is 10.7. The number of rotatable bonds is 6. The van der Waals surface area contributed by atoms with E-state index in [0.717, 1.165) is 11.4 Å². The van der Waals surface area contributed by atoms with Gasteiger partial charge in [-0.3, -0.25) is 10.1 Å². The quantitative estimate of drug-likeness (QED) is 0.648. The third kappa shape index (κ3) is 3.33. The van der Waals surface area contributed by atoms with Crippen molar-refractivity contribution in [2.24, 2.45) is 0 Å². The number of hydrogen-bond acceptors (Lipinski definition) is 4. The molecule has 0 heterocycles. The Morgan fingerprint density at radius 3 is 2.15 bits per heavy atom. The molecule has 0 amide bonds. The fraction of sp³-hybridized carbons (Fsp3) is 0.200. The lowest BCUT2D eigenvalue weighted by Gasteiger charge is -2.24. The molecule has 5 heteroatoms. The van der Waals surface area contributed by atoms with Crippen LogP contribution >= 0.6 is 0 Å². The Kier molecular flexibility index (Phi) is 4.68. The summed E-state index contributed by atoms with van der Waals surface area (Å²) in [6.45, 7) is 0.759. The van der Waals surface area contributed by atoms with Crippen LogP contribution in [0.5, 0.6) is 0 Å². The van der Waals surface area contributed by atoms with Crippen LogP contribution in [0.15, 0.2) is 54.6 Å². The lowest BCUT2D eigenvalue weighted by Crippen LogP contribution is -2.19. The van der Waals surface area contributed by atoms with Gasteiger partial charge in [0.2, 0.25) is 0 Å². The van der Waals surface area contributed by atoms with E-state index in [0.29, 0.717) is 13.0 Å². The van der Waals surface area contributed by atoms with E-state index in [1.54, 1.807) is 12.1 Å². The van der Waals surface area contributed by atoms with Crippen LogP contribution < -0.4 is 4.90 Å². The standard InChI is InChI=1S/C15H16N2O3/c18-12-4-11-16(13-5-2-1-3-6-13)14-7-9-15(10-8-14)17(19)20/h1-3,5-10,18H,4,11-12H2. The Hall–Kier alpha value is -2.40. The van der Waals surface area contributed by atoms with Crippen molar-refractivity contribution < 1.29 is 10.0 Å². The molecule has 0 aromatic heterocycles. The van der Waals surface area contributed by atoms with Crippen molar-refractivity contribution >= 4 is 17.1 Å². The van der Waals surface area contributed by atoms with Crippen LogP contribution in [0.4, 0.5) is 17.1 Å². The van der Waals surface area contributed by atoms with Crippen LogP contribution in [0.2, 0.25) is 0 Å². The molecule has 0 bridgehead atoms. The van der Waals surface area contributed by atoms with Gasteiger partial charge in [-0.15, -0.1) is 0 Å². The smallest absolute Gasteiger partial charge is 0.269 e. The molecule has 0 radical (unpaired) electrons. The minimum absolute atomic E-state index is 0.0731. The van der Waals surface area contributed by atoms with Crippen LogP contribution in [0, 0.1) is 10.1 Å². The molecule has 104 valence electrons. The zero-order valence-electron chi connectivity index (χ0n) is 11.0. The van der Waals surface area contributed by atoms with Gasteiger partial charge < -0.3 is 10.0 Å². The van der Waals surface area contributed by atoms with Crippen LogP contribution in [0.3, 0.4) is 0 Å². The summed E-state index contributed by atoms with van der Waals surface area (Å²) in [6.07, 6.45) is 0.631. The predicted octanol–water partition coefficient (Wildman–Crippen LogP) is 3.12. The van der Waals surface area contributed by atoms with Crippen LogP contribution in [0.25, 0.3) is 0 Å². The van der Waals surface area contributed by atoms with E-state index in [1.807, 2.05) is 35.2 Å². The second-order valence-electron chi connectivity index (χ2n) is 4.34. The predicted molar refractivity (Wildman–Crippen MR) is 78.2 cm³/mol. The molecule has 0 aliphatic rings. The van der Waals surface area contributed by atoms with E-state index in [9.17, 15) is 10.1 Å². The van der Waals surface area contributed by atoms with Crippen LogP contribution in [0.1, 0.15) is 6.42 Å². The fourth-order valence-corrected chi connectivity index (χ4v) is 2.00. The number of nitro benzene ring substituents is 1. The molecule has 0 spiro atoms. The molecular weight excluding hydrogens is 256 g/mol. The van der Waals surface area contributed by atoms with Gasteiger partial charge in [-0.05, 0) is 30.7 Å². The van der Waals surface area contributed by atoms with Crippen molar-refractivity contribution in [1.29, 1.82) is 0 Å². The van der Waals surface area contributed by atoms with Gasteiger partial charge in [-0.25, -0.2) is 0 Å². The SMILES string of the molecule is O=[N+]([O-])c1ccc(N(CCCO)c2ccccc2)cc1. The molecule has 0 saturated carbocycles. The van der Waals surface area contributed by atoms with Crippen LogP contribution in [-0.2, 0) is 0 Å². The van der Waals surface area contributed by atoms with Gasteiger partial charge in [-0.2, -0.15) is 0 Å². The highest BCUT2D eigenvalue weighted by atomic mass is 16.6. The molecule has 5 nitrogen and oxygen atoms in total. The zero-order chi connectivity index (χ0) is 14.4. The van der Waals surface area contributed by atoms with Gasteiger partial charge in [0, 0.05) is 36.7 Å². The molecule has 20 heavy (non-hydrogen) atoms. The summed E-state index contributed by atoms with van der Waals surface area (Å²) in [4.78, 5) is 12.3. The summed E-state index contributed by atoms with van der Waals surface area (Å²) in [7, 11) is 0. The van der Waals surface area contributed by atoms with Crippen molar-refractivity contribution in [2.45, 2.75) is 6.42 Å².